The van der Waals surface area contributed by atoms with Crippen LogP contribution in [0.15, 0.2) is 18.2 Å². The molecule has 2 N–H and O–H groups in total. The largest absolute Gasteiger partial charge is 0.382 e. The van der Waals surface area contributed by atoms with Crippen LogP contribution in [0, 0.1) is 12.7 Å². The molecule has 13 heavy (non-hydrogen) atoms. The van der Waals surface area contributed by atoms with Gasteiger partial charge in [0.25, 0.3) is 0 Å². The minimum absolute atomic E-state index is 0.324. The molecule has 1 fully saturated rings. The number of aryl methyl sites for hydroxylation is 1. The van der Waals surface area contributed by atoms with E-state index in [1.165, 1.54) is 6.07 Å². The molecule has 1 aromatic carbocycles. The van der Waals surface area contributed by atoms with Gasteiger partial charge in [0.2, 0.25) is 0 Å². The maximum atomic E-state index is 13.3. The summed E-state index contributed by atoms with van der Waals surface area (Å²) in [5, 5.41) is 12.8. The summed E-state index contributed by atoms with van der Waals surface area (Å²) in [4.78, 5) is 0. The Labute approximate surface area is 76.4 Å². The predicted molar refractivity (Wildman–Crippen MR) is 47.9 cm³/mol. The van der Waals surface area contributed by atoms with E-state index in [9.17, 15) is 9.50 Å². The molecule has 0 radical (unpaired) electrons. The predicted octanol–water partition coefficient (Wildman–Crippen LogP) is 0.925. The first kappa shape index (κ1) is 8.66. The van der Waals surface area contributed by atoms with Gasteiger partial charge in [0.15, 0.2) is 0 Å². The normalized spacial score (nSPS) is 19.6. The lowest BCUT2D eigenvalue weighted by Gasteiger charge is -2.38. The second kappa shape index (κ2) is 2.79. The van der Waals surface area contributed by atoms with Gasteiger partial charge in [-0.05, 0) is 13.0 Å². The van der Waals surface area contributed by atoms with E-state index in [0.29, 0.717) is 18.7 Å². The summed E-state index contributed by atoms with van der Waals surface area (Å²) < 4.78 is 13.3. The van der Waals surface area contributed by atoms with E-state index in [1.54, 1.807) is 12.1 Å². The minimum Gasteiger partial charge on any atom is -0.382 e. The number of hydrogen-bond acceptors (Lipinski definition) is 2. The van der Waals surface area contributed by atoms with Gasteiger partial charge in [0, 0.05) is 18.7 Å². The third-order valence-corrected chi connectivity index (χ3v) is 2.46. The van der Waals surface area contributed by atoms with Crippen LogP contribution < -0.4 is 5.32 Å². The van der Waals surface area contributed by atoms with Gasteiger partial charge in [-0.2, -0.15) is 0 Å². The van der Waals surface area contributed by atoms with E-state index in [-0.39, 0.29) is 5.82 Å². The van der Waals surface area contributed by atoms with Crippen molar-refractivity contribution in [3.8, 4) is 0 Å². The molecule has 70 valence electrons. The Bertz CT molecular complexity index is 334. The van der Waals surface area contributed by atoms with Crippen molar-refractivity contribution in [1.82, 2.24) is 5.32 Å². The first-order valence-electron chi connectivity index (χ1n) is 4.31. The highest BCUT2D eigenvalue weighted by Gasteiger charge is 2.38. The zero-order chi connectivity index (χ0) is 9.47. The van der Waals surface area contributed by atoms with Crippen LogP contribution in [0.1, 0.15) is 11.1 Å². The molecule has 0 bridgehead atoms. The Morgan fingerprint density at radius 1 is 1.46 bits per heavy atom. The van der Waals surface area contributed by atoms with E-state index in [0.717, 1.165) is 5.56 Å². The summed E-state index contributed by atoms with van der Waals surface area (Å²) in [6, 6.07) is 4.81. The van der Waals surface area contributed by atoms with Crippen LogP contribution in [-0.4, -0.2) is 18.2 Å². The number of hydrogen-bond donors (Lipinski definition) is 2. The quantitative estimate of drug-likeness (QED) is 0.675. The molecule has 1 aliphatic rings. The van der Waals surface area contributed by atoms with Crippen LogP contribution in [-0.2, 0) is 5.60 Å². The van der Waals surface area contributed by atoms with Crippen molar-refractivity contribution in [3.05, 3.63) is 35.1 Å². The van der Waals surface area contributed by atoms with Crippen molar-refractivity contribution >= 4 is 0 Å². The van der Waals surface area contributed by atoms with Crippen LogP contribution in [0.25, 0.3) is 0 Å². The molecule has 0 unspecified atom stereocenters. The molecule has 2 nitrogen and oxygen atoms in total. The van der Waals surface area contributed by atoms with Crippen molar-refractivity contribution in [2.75, 3.05) is 13.1 Å². The summed E-state index contributed by atoms with van der Waals surface area (Å²) in [6.45, 7) is 2.76. The highest BCUT2D eigenvalue weighted by molar-refractivity contribution is 5.31. The average molecular weight is 181 g/mol. The number of aliphatic hydroxyl groups is 1. The Hall–Kier alpha value is -0.930. The van der Waals surface area contributed by atoms with Crippen LogP contribution in [0.4, 0.5) is 4.39 Å². The van der Waals surface area contributed by atoms with Gasteiger partial charge in [-0.3, -0.25) is 0 Å². The third kappa shape index (κ3) is 1.34. The first-order valence-corrected chi connectivity index (χ1v) is 4.31. The Morgan fingerprint density at radius 3 is 2.69 bits per heavy atom. The van der Waals surface area contributed by atoms with Crippen molar-refractivity contribution in [1.29, 1.82) is 0 Å². The summed E-state index contributed by atoms with van der Waals surface area (Å²) in [6.07, 6.45) is 0. The Kier molecular flexibility index (Phi) is 1.86. The highest BCUT2D eigenvalue weighted by Crippen LogP contribution is 2.28. The van der Waals surface area contributed by atoms with E-state index in [2.05, 4.69) is 5.32 Å². The minimum atomic E-state index is -0.990. The van der Waals surface area contributed by atoms with Gasteiger partial charge in [0.1, 0.15) is 11.4 Å². The first-order chi connectivity index (χ1) is 6.12. The molecule has 1 saturated heterocycles. The van der Waals surface area contributed by atoms with Gasteiger partial charge in [-0.15, -0.1) is 0 Å². The SMILES string of the molecule is Cc1ccc(F)c(C2(O)CNC2)c1. The number of benzene rings is 1. The second-order valence-electron chi connectivity index (χ2n) is 3.62. The van der Waals surface area contributed by atoms with Crippen molar-refractivity contribution < 1.29 is 9.50 Å². The summed E-state index contributed by atoms with van der Waals surface area (Å²) in [5.41, 5.74) is 0.388. The van der Waals surface area contributed by atoms with Gasteiger partial charge in [0.05, 0.1) is 0 Å². The van der Waals surface area contributed by atoms with E-state index in [4.69, 9.17) is 0 Å². The second-order valence-corrected chi connectivity index (χ2v) is 3.62. The van der Waals surface area contributed by atoms with Crippen molar-refractivity contribution in [2.24, 2.45) is 0 Å². The van der Waals surface area contributed by atoms with Crippen molar-refractivity contribution in [2.45, 2.75) is 12.5 Å². The van der Waals surface area contributed by atoms with Crippen LogP contribution >= 0.6 is 0 Å². The number of nitrogens with one attached hydrogen (secondary N) is 1. The molecule has 0 aromatic heterocycles. The smallest absolute Gasteiger partial charge is 0.129 e. The molecule has 0 aliphatic carbocycles. The molecular weight excluding hydrogens is 169 g/mol. The molecule has 1 aliphatic heterocycles. The fourth-order valence-corrected chi connectivity index (χ4v) is 1.55. The van der Waals surface area contributed by atoms with E-state index < -0.39 is 5.60 Å². The molecule has 0 atom stereocenters. The molecule has 0 spiro atoms. The Morgan fingerprint density at radius 2 is 2.15 bits per heavy atom. The van der Waals surface area contributed by atoms with Gasteiger partial charge in [-0.25, -0.2) is 4.39 Å². The number of halogens is 1. The topological polar surface area (TPSA) is 32.3 Å². The van der Waals surface area contributed by atoms with Gasteiger partial charge in [-0.1, -0.05) is 17.7 Å². The zero-order valence-electron chi connectivity index (χ0n) is 7.47. The standard InChI is InChI=1S/C10H12FNO/c1-7-2-3-9(11)8(4-7)10(13)5-12-6-10/h2-4,12-13H,5-6H2,1H3. The third-order valence-electron chi connectivity index (χ3n) is 2.46. The molecule has 0 amide bonds. The molecule has 2 rings (SSSR count). The average Bonchev–Trinajstić information content (AvgIpc) is 2.05. The monoisotopic (exact) mass is 181 g/mol. The maximum absolute atomic E-state index is 13.3. The Balaban J connectivity index is 2.43. The summed E-state index contributed by atoms with van der Waals surface area (Å²) in [7, 11) is 0. The maximum Gasteiger partial charge on any atom is 0.129 e. The lowest BCUT2D eigenvalue weighted by atomic mass is 9.87. The molecule has 3 heteroatoms. The van der Waals surface area contributed by atoms with E-state index >= 15 is 0 Å². The highest BCUT2D eigenvalue weighted by atomic mass is 19.1. The van der Waals surface area contributed by atoms with E-state index in [1.807, 2.05) is 6.92 Å². The lowest BCUT2D eigenvalue weighted by molar-refractivity contribution is -0.0177. The molecule has 1 heterocycles. The van der Waals surface area contributed by atoms with Crippen LogP contribution in [0.2, 0.25) is 0 Å². The fourth-order valence-electron chi connectivity index (χ4n) is 1.55. The fraction of sp³-hybridized carbons (Fsp3) is 0.400. The molecular formula is C10H12FNO. The molecule has 1 aromatic rings. The lowest BCUT2D eigenvalue weighted by Crippen LogP contribution is -2.57. The number of rotatable bonds is 1. The van der Waals surface area contributed by atoms with Crippen LogP contribution in [0.5, 0.6) is 0 Å². The summed E-state index contributed by atoms with van der Waals surface area (Å²) in [5.74, 6) is -0.324. The molecule has 0 saturated carbocycles. The van der Waals surface area contributed by atoms with Crippen molar-refractivity contribution in [3.63, 3.8) is 0 Å². The number of β-amino-alcohol motifs (C(OH)–C–C–N with tert-alkyl or cyclic N) is 1. The summed E-state index contributed by atoms with van der Waals surface area (Å²) >= 11 is 0. The zero-order valence-corrected chi connectivity index (χ0v) is 7.47. The van der Waals surface area contributed by atoms with Gasteiger partial charge < -0.3 is 10.4 Å². The van der Waals surface area contributed by atoms with Gasteiger partial charge >= 0.3 is 0 Å². The van der Waals surface area contributed by atoms with Crippen LogP contribution in [0.3, 0.4) is 0 Å².